The number of benzene rings is 1. The zero-order chi connectivity index (χ0) is 18.1. The zero-order valence-corrected chi connectivity index (χ0v) is 13.8. The van der Waals surface area contributed by atoms with Gasteiger partial charge in [0.25, 0.3) is 0 Å². The van der Waals surface area contributed by atoms with Crippen molar-refractivity contribution in [3.63, 3.8) is 0 Å². The molecule has 2 heterocycles. The average molecular weight is 347 g/mol. The number of amides is 5. The van der Waals surface area contributed by atoms with Gasteiger partial charge in [-0.2, -0.15) is 0 Å². The van der Waals surface area contributed by atoms with Gasteiger partial charge in [-0.3, -0.25) is 19.3 Å². The summed E-state index contributed by atoms with van der Waals surface area (Å²) in [5.41, 5.74) is 0.782. The van der Waals surface area contributed by atoms with Crippen LogP contribution in [0.5, 0.6) is 11.5 Å². The largest absolute Gasteiger partial charge is 0.486 e. The van der Waals surface area contributed by atoms with Crippen molar-refractivity contribution >= 4 is 23.8 Å². The van der Waals surface area contributed by atoms with E-state index in [1.54, 1.807) is 25.1 Å². The van der Waals surface area contributed by atoms with E-state index >= 15 is 0 Å². The zero-order valence-electron chi connectivity index (χ0n) is 13.8. The molecule has 1 N–H and O–H groups in total. The molecular formula is C16H17N3O6. The van der Waals surface area contributed by atoms with Crippen molar-refractivity contribution in [2.75, 3.05) is 26.8 Å². The Bertz CT molecular complexity index is 762. The summed E-state index contributed by atoms with van der Waals surface area (Å²) in [5.74, 6) is -1.26. The number of rotatable bonds is 4. The molecule has 1 atom stereocenters. The molecule has 2 aliphatic heterocycles. The van der Waals surface area contributed by atoms with Gasteiger partial charge in [0.15, 0.2) is 11.5 Å². The van der Waals surface area contributed by atoms with Gasteiger partial charge in [-0.05, 0) is 24.6 Å². The number of nitrogens with zero attached hydrogens (tertiary/aromatic N) is 2. The predicted octanol–water partition coefficient (Wildman–Crippen LogP) is 0.0556. The Hall–Kier alpha value is -3.10. The SMILES string of the molecule is C[C@@H](NC(=O)CN1C(=O)C(=O)N(C)C1=O)c1ccc2c(c1)OCCO2. The molecule has 0 aliphatic carbocycles. The maximum atomic E-state index is 12.1. The minimum absolute atomic E-state index is 0.385. The van der Waals surface area contributed by atoms with Gasteiger partial charge < -0.3 is 14.8 Å². The van der Waals surface area contributed by atoms with Crippen molar-refractivity contribution in [1.82, 2.24) is 15.1 Å². The fourth-order valence-corrected chi connectivity index (χ4v) is 2.60. The van der Waals surface area contributed by atoms with Crippen molar-refractivity contribution in [3.8, 4) is 11.5 Å². The Labute approximate surface area is 143 Å². The van der Waals surface area contributed by atoms with Gasteiger partial charge in [0.1, 0.15) is 19.8 Å². The number of nitrogens with one attached hydrogen (secondary N) is 1. The molecule has 25 heavy (non-hydrogen) atoms. The Morgan fingerprint density at radius 2 is 1.84 bits per heavy atom. The minimum atomic E-state index is -1.00. The Kier molecular flexibility index (Phi) is 4.30. The van der Waals surface area contributed by atoms with Crippen molar-refractivity contribution in [2.24, 2.45) is 0 Å². The van der Waals surface area contributed by atoms with Crippen molar-refractivity contribution in [1.29, 1.82) is 0 Å². The first kappa shape index (κ1) is 16.7. The fourth-order valence-electron chi connectivity index (χ4n) is 2.60. The highest BCUT2D eigenvalue weighted by Crippen LogP contribution is 2.32. The Morgan fingerprint density at radius 1 is 1.16 bits per heavy atom. The number of ether oxygens (including phenoxy) is 2. The van der Waals surface area contributed by atoms with E-state index in [0.717, 1.165) is 5.56 Å². The van der Waals surface area contributed by atoms with E-state index in [4.69, 9.17) is 9.47 Å². The molecule has 2 aliphatic rings. The van der Waals surface area contributed by atoms with Gasteiger partial charge in [0, 0.05) is 7.05 Å². The molecule has 9 heteroatoms. The highest BCUT2D eigenvalue weighted by molar-refractivity contribution is 6.44. The molecule has 0 spiro atoms. The second-order valence-corrected chi connectivity index (χ2v) is 5.73. The molecule has 9 nitrogen and oxygen atoms in total. The third-order valence-corrected chi connectivity index (χ3v) is 4.00. The van der Waals surface area contributed by atoms with E-state index in [2.05, 4.69) is 5.32 Å². The number of imide groups is 2. The molecule has 0 saturated carbocycles. The third kappa shape index (κ3) is 3.12. The smallest absolute Gasteiger partial charge is 0.334 e. The molecule has 132 valence electrons. The molecule has 0 unspecified atom stereocenters. The first-order valence-corrected chi connectivity index (χ1v) is 7.71. The van der Waals surface area contributed by atoms with Gasteiger partial charge in [0.05, 0.1) is 6.04 Å². The lowest BCUT2D eigenvalue weighted by molar-refractivity contribution is -0.143. The highest BCUT2D eigenvalue weighted by Gasteiger charge is 2.43. The van der Waals surface area contributed by atoms with Crippen LogP contribution in [0.1, 0.15) is 18.5 Å². The predicted molar refractivity (Wildman–Crippen MR) is 83.9 cm³/mol. The molecule has 1 aromatic rings. The van der Waals surface area contributed by atoms with E-state index < -0.39 is 30.3 Å². The molecule has 0 radical (unpaired) electrons. The molecule has 1 aromatic carbocycles. The van der Waals surface area contributed by atoms with Crippen LogP contribution in [-0.4, -0.2) is 60.4 Å². The lowest BCUT2D eigenvalue weighted by Gasteiger charge is -2.21. The van der Waals surface area contributed by atoms with Gasteiger partial charge in [-0.25, -0.2) is 9.69 Å². The van der Waals surface area contributed by atoms with Crippen molar-refractivity contribution in [3.05, 3.63) is 23.8 Å². The summed E-state index contributed by atoms with van der Waals surface area (Å²) in [7, 11) is 1.19. The highest BCUT2D eigenvalue weighted by atomic mass is 16.6. The van der Waals surface area contributed by atoms with Crippen LogP contribution in [0.25, 0.3) is 0 Å². The van der Waals surface area contributed by atoms with E-state index in [-0.39, 0.29) is 6.04 Å². The van der Waals surface area contributed by atoms with E-state index in [1.807, 2.05) is 0 Å². The summed E-state index contributed by atoms with van der Waals surface area (Å²) in [4.78, 5) is 48.3. The molecule has 0 aromatic heterocycles. The monoisotopic (exact) mass is 347 g/mol. The van der Waals surface area contributed by atoms with E-state index in [9.17, 15) is 19.2 Å². The molecule has 1 saturated heterocycles. The summed E-state index contributed by atoms with van der Waals surface area (Å²) >= 11 is 0. The summed E-state index contributed by atoms with van der Waals surface area (Å²) in [5, 5.41) is 2.69. The lowest BCUT2D eigenvalue weighted by Crippen LogP contribution is -2.41. The van der Waals surface area contributed by atoms with Gasteiger partial charge in [-0.1, -0.05) is 6.07 Å². The Balaban J connectivity index is 1.64. The molecule has 1 fully saturated rings. The molecule has 0 bridgehead atoms. The van der Waals surface area contributed by atoms with Crippen molar-refractivity contribution in [2.45, 2.75) is 13.0 Å². The summed E-state index contributed by atoms with van der Waals surface area (Å²) in [6, 6.07) is 4.13. The second-order valence-electron chi connectivity index (χ2n) is 5.73. The summed E-state index contributed by atoms with van der Waals surface area (Å²) in [6.45, 7) is 2.19. The number of hydrogen-bond acceptors (Lipinski definition) is 6. The van der Waals surface area contributed by atoms with Crippen LogP contribution in [0.3, 0.4) is 0 Å². The van der Waals surface area contributed by atoms with Crippen LogP contribution < -0.4 is 14.8 Å². The van der Waals surface area contributed by atoms with Crippen LogP contribution >= 0.6 is 0 Å². The molecule has 3 rings (SSSR count). The number of urea groups is 1. The van der Waals surface area contributed by atoms with Crippen LogP contribution in [0.2, 0.25) is 0 Å². The van der Waals surface area contributed by atoms with Gasteiger partial charge >= 0.3 is 17.8 Å². The number of carbonyl (C=O) groups is 4. The Morgan fingerprint density at radius 3 is 2.48 bits per heavy atom. The third-order valence-electron chi connectivity index (χ3n) is 4.00. The van der Waals surface area contributed by atoms with Crippen LogP contribution in [0.4, 0.5) is 4.79 Å². The number of carbonyl (C=O) groups excluding carboxylic acids is 4. The van der Waals surface area contributed by atoms with Gasteiger partial charge in [0.2, 0.25) is 5.91 Å². The van der Waals surface area contributed by atoms with E-state index in [1.165, 1.54) is 7.05 Å². The normalized spacial score (nSPS) is 17.8. The average Bonchev–Trinajstić information content (AvgIpc) is 2.79. The quantitative estimate of drug-likeness (QED) is 0.610. The maximum absolute atomic E-state index is 12.1. The van der Waals surface area contributed by atoms with Crippen LogP contribution in [-0.2, 0) is 14.4 Å². The first-order chi connectivity index (χ1) is 11.9. The second kappa shape index (κ2) is 6.42. The minimum Gasteiger partial charge on any atom is -0.486 e. The molecule has 5 amide bonds. The maximum Gasteiger partial charge on any atom is 0.334 e. The van der Waals surface area contributed by atoms with Gasteiger partial charge in [-0.15, -0.1) is 0 Å². The van der Waals surface area contributed by atoms with Crippen molar-refractivity contribution < 1.29 is 28.7 Å². The fraction of sp³-hybridized carbons (Fsp3) is 0.375. The summed E-state index contributed by atoms with van der Waals surface area (Å²) < 4.78 is 10.9. The van der Waals surface area contributed by atoms with Crippen LogP contribution in [0.15, 0.2) is 18.2 Å². The lowest BCUT2D eigenvalue weighted by atomic mass is 10.1. The first-order valence-electron chi connectivity index (χ1n) is 7.71. The topological polar surface area (TPSA) is 105 Å². The number of likely N-dealkylation sites (N-methyl/N-ethyl adjacent to an activating group) is 1. The standard InChI is InChI=1S/C16H17N3O6/c1-9(10-3-4-11-12(7-10)25-6-5-24-11)17-13(20)8-19-15(22)14(21)18(2)16(19)23/h3-4,7,9H,5-6,8H2,1-2H3,(H,17,20)/t9-/m1/s1. The summed E-state index contributed by atoms with van der Waals surface area (Å²) in [6.07, 6.45) is 0. The van der Waals surface area contributed by atoms with E-state index in [0.29, 0.717) is 34.5 Å². The number of hydrogen-bond donors (Lipinski definition) is 1. The van der Waals surface area contributed by atoms with Crippen LogP contribution in [0, 0.1) is 0 Å². The molecular weight excluding hydrogens is 330 g/mol. The number of fused-ring (bicyclic) bond motifs is 1.